The van der Waals surface area contributed by atoms with Crippen LogP contribution < -0.4 is 9.47 Å². The van der Waals surface area contributed by atoms with Crippen LogP contribution in [0.4, 0.5) is 0 Å². The van der Waals surface area contributed by atoms with Crippen LogP contribution in [0.3, 0.4) is 0 Å². The number of halogens is 1. The first-order valence-corrected chi connectivity index (χ1v) is 5.16. The van der Waals surface area contributed by atoms with Crippen molar-refractivity contribution in [3.63, 3.8) is 0 Å². The molecular formula is C9H12BrNO3. The Balaban J connectivity index is 3.18. The summed E-state index contributed by atoms with van der Waals surface area (Å²) in [5.74, 6) is 1.05. The van der Waals surface area contributed by atoms with Gasteiger partial charge in [0, 0.05) is 5.33 Å². The lowest BCUT2D eigenvalue weighted by atomic mass is 10.1. The third-order valence-corrected chi connectivity index (χ3v) is 2.45. The second-order valence-corrected chi connectivity index (χ2v) is 3.28. The fourth-order valence-corrected chi connectivity index (χ4v) is 1.49. The van der Waals surface area contributed by atoms with E-state index in [2.05, 4.69) is 20.9 Å². The Morgan fingerprint density at radius 3 is 2.21 bits per heavy atom. The van der Waals surface area contributed by atoms with Gasteiger partial charge in [-0.15, -0.1) is 0 Å². The average Bonchev–Trinajstić information content (AvgIpc) is 2.26. The van der Waals surface area contributed by atoms with E-state index >= 15 is 0 Å². The fraction of sp³-hybridized carbons (Fsp3) is 0.444. The first-order valence-electron chi connectivity index (χ1n) is 4.04. The first-order chi connectivity index (χ1) is 6.74. The lowest BCUT2D eigenvalue weighted by Crippen LogP contribution is -2.05. The van der Waals surface area contributed by atoms with Gasteiger partial charge in [0.1, 0.15) is 11.5 Å². The molecule has 14 heavy (non-hydrogen) atoms. The lowest BCUT2D eigenvalue weighted by molar-refractivity contribution is 0.194. The normalized spacial score (nSPS) is 12.3. The number of pyridine rings is 1. The van der Waals surface area contributed by atoms with Crippen molar-refractivity contribution in [3.8, 4) is 11.5 Å². The Labute approximate surface area is 91.0 Å². The molecule has 1 N–H and O–H groups in total. The highest BCUT2D eigenvalue weighted by atomic mass is 79.9. The van der Waals surface area contributed by atoms with Crippen molar-refractivity contribution in [3.05, 3.63) is 18.0 Å². The SMILES string of the molecule is COc1cncc(OC)c1C(O)CBr. The monoisotopic (exact) mass is 261 g/mol. The third-order valence-electron chi connectivity index (χ3n) is 1.83. The van der Waals surface area contributed by atoms with Crippen molar-refractivity contribution in [2.75, 3.05) is 19.5 Å². The van der Waals surface area contributed by atoms with Crippen LogP contribution in [0, 0.1) is 0 Å². The molecule has 1 rings (SSSR count). The molecule has 0 aliphatic carbocycles. The maximum atomic E-state index is 9.72. The number of aliphatic hydroxyl groups excluding tert-OH is 1. The first kappa shape index (κ1) is 11.3. The Morgan fingerprint density at radius 2 is 1.86 bits per heavy atom. The molecule has 0 fully saturated rings. The van der Waals surface area contributed by atoms with Gasteiger partial charge in [0.15, 0.2) is 0 Å². The summed E-state index contributed by atoms with van der Waals surface area (Å²) in [5.41, 5.74) is 0.613. The summed E-state index contributed by atoms with van der Waals surface area (Å²) in [6, 6.07) is 0. The predicted molar refractivity (Wildman–Crippen MR) is 56.1 cm³/mol. The molecule has 0 aromatic carbocycles. The summed E-state index contributed by atoms with van der Waals surface area (Å²) in [4.78, 5) is 3.93. The molecule has 0 aliphatic rings. The van der Waals surface area contributed by atoms with E-state index in [-0.39, 0.29) is 0 Å². The quantitative estimate of drug-likeness (QED) is 0.836. The summed E-state index contributed by atoms with van der Waals surface area (Å²) >= 11 is 3.20. The smallest absolute Gasteiger partial charge is 0.146 e. The largest absolute Gasteiger partial charge is 0.495 e. The standard InChI is InChI=1S/C9H12BrNO3/c1-13-7-4-11-5-8(14-2)9(7)6(12)3-10/h4-6,12H,3H2,1-2H3. The summed E-state index contributed by atoms with van der Waals surface area (Å²) < 4.78 is 10.2. The van der Waals surface area contributed by atoms with Crippen LogP contribution in [0.2, 0.25) is 0 Å². The van der Waals surface area contributed by atoms with Crippen LogP contribution in [-0.2, 0) is 0 Å². The van der Waals surface area contributed by atoms with E-state index in [0.717, 1.165) is 0 Å². The van der Waals surface area contributed by atoms with Gasteiger partial charge in [0.2, 0.25) is 0 Å². The second-order valence-electron chi connectivity index (χ2n) is 2.63. The van der Waals surface area contributed by atoms with Crippen LogP contribution >= 0.6 is 15.9 Å². The van der Waals surface area contributed by atoms with Crippen molar-refractivity contribution >= 4 is 15.9 Å². The van der Waals surface area contributed by atoms with Gasteiger partial charge in [-0.25, -0.2) is 0 Å². The zero-order chi connectivity index (χ0) is 10.6. The molecule has 1 atom stereocenters. The van der Waals surface area contributed by atoms with Crippen LogP contribution in [-0.4, -0.2) is 29.6 Å². The molecule has 1 unspecified atom stereocenters. The Hall–Kier alpha value is -0.810. The third kappa shape index (κ3) is 2.16. The molecule has 78 valence electrons. The summed E-state index contributed by atoms with van der Waals surface area (Å²) in [7, 11) is 3.06. The van der Waals surface area contributed by atoms with Gasteiger partial charge in [-0.3, -0.25) is 4.98 Å². The zero-order valence-corrected chi connectivity index (χ0v) is 9.61. The molecule has 0 spiro atoms. The highest BCUT2D eigenvalue weighted by molar-refractivity contribution is 9.09. The highest BCUT2D eigenvalue weighted by Gasteiger charge is 2.17. The van der Waals surface area contributed by atoms with Crippen molar-refractivity contribution in [2.45, 2.75) is 6.10 Å². The maximum absolute atomic E-state index is 9.72. The summed E-state index contributed by atoms with van der Waals surface area (Å²) in [6.45, 7) is 0. The highest BCUT2D eigenvalue weighted by Crippen LogP contribution is 2.33. The molecule has 1 heterocycles. The molecule has 0 radical (unpaired) electrons. The van der Waals surface area contributed by atoms with Crippen molar-refractivity contribution in [1.29, 1.82) is 0 Å². The Bertz CT molecular complexity index is 284. The van der Waals surface area contributed by atoms with Gasteiger partial charge in [-0.05, 0) is 0 Å². The van der Waals surface area contributed by atoms with Crippen LogP contribution in [0.5, 0.6) is 11.5 Å². The molecule has 1 aromatic heterocycles. The number of ether oxygens (including phenoxy) is 2. The van der Waals surface area contributed by atoms with E-state index in [0.29, 0.717) is 22.4 Å². The number of methoxy groups -OCH3 is 2. The van der Waals surface area contributed by atoms with E-state index in [1.165, 1.54) is 14.2 Å². The van der Waals surface area contributed by atoms with E-state index < -0.39 is 6.10 Å². The molecule has 4 nitrogen and oxygen atoms in total. The minimum absolute atomic E-state index is 0.420. The topological polar surface area (TPSA) is 51.6 Å². The average molecular weight is 262 g/mol. The minimum atomic E-state index is -0.664. The van der Waals surface area contributed by atoms with Gasteiger partial charge >= 0.3 is 0 Å². The lowest BCUT2D eigenvalue weighted by Gasteiger charge is -2.15. The molecule has 0 aliphatic heterocycles. The van der Waals surface area contributed by atoms with Crippen molar-refractivity contribution in [1.82, 2.24) is 4.98 Å². The van der Waals surface area contributed by atoms with E-state index in [9.17, 15) is 5.11 Å². The van der Waals surface area contributed by atoms with E-state index in [1.807, 2.05) is 0 Å². The molecule has 0 saturated heterocycles. The zero-order valence-electron chi connectivity index (χ0n) is 8.03. The van der Waals surface area contributed by atoms with Crippen LogP contribution in [0.15, 0.2) is 12.4 Å². The van der Waals surface area contributed by atoms with Gasteiger partial charge in [0.25, 0.3) is 0 Å². The fourth-order valence-electron chi connectivity index (χ4n) is 1.16. The minimum Gasteiger partial charge on any atom is -0.495 e. The number of hydrogen-bond acceptors (Lipinski definition) is 4. The number of alkyl halides is 1. The molecule has 0 amide bonds. The number of rotatable bonds is 4. The molecule has 5 heteroatoms. The van der Waals surface area contributed by atoms with E-state index in [1.54, 1.807) is 12.4 Å². The van der Waals surface area contributed by atoms with Crippen LogP contribution in [0.25, 0.3) is 0 Å². The Kier molecular flexibility index (Phi) is 4.16. The van der Waals surface area contributed by atoms with Crippen LogP contribution in [0.1, 0.15) is 11.7 Å². The predicted octanol–water partition coefficient (Wildman–Crippen LogP) is 1.53. The molecule has 1 aromatic rings. The van der Waals surface area contributed by atoms with Gasteiger partial charge < -0.3 is 14.6 Å². The second kappa shape index (κ2) is 5.17. The number of hydrogen-bond donors (Lipinski definition) is 1. The maximum Gasteiger partial charge on any atom is 0.146 e. The number of aliphatic hydroxyl groups is 1. The molecular weight excluding hydrogens is 250 g/mol. The van der Waals surface area contributed by atoms with Gasteiger partial charge in [-0.1, -0.05) is 15.9 Å². The summed E-state index contributed by atoms with van der Waals surface area (Å²) in [5, 5.41) is 10.1. The van der Waals surface area contributed by atoms with E-state index in [4.69, 9.17) is 9.47 Å². The van der Waals surface area contributed by atoms with Gasteiger partial charge in [0.05, 0.1) is 38.3 Å². The summed E-state index contributed by atoms with van der Waals surface area (Å²) in [6.07, 6.45) is 2.43. The van der Waals surface area contributed by atoms with Gasteiger partial charge in [-0.2, -0.15) is 0 Å². The van der Waals surface area contributed by atoms with Crippen molar-refractivity contribution < 1.29 is 14.6 Å². The van der Waals surface area contributed by atoms with Crippen molar-refractivity contribution in [2.24, 2.45) is 0 Å². The number of nitrogens with zero attached hydrogens (tertiary/aromatic N) is 1. The molecule has 0 saturated carbocycles. The number of aromatic nitrogens is 1. The molecule has 0 bridgehead atoms. The Morgan fingerprint density at radius 1 is 1.36 bits per heavy atom.